The molecule has 0 unspecified atom stereocenters. The Morgan fingerprint density at radius 1 is 1.35 bits per heavy atom. The Hall–Kier alpha value is -0.703. The largest absolute Gasteiger partial charge is 0.465 e. The fraction of sp³-hybridized carbons (Fsp3) is 0.583. The Morgan fingerprint density at radius 3 is 2.35 bits per heavy atom. The summed E-state index contributed by atoms with van der Waals surface area (Å²) >= 11 is 1.06. The van der Waals surface area contributed by atoms with Gasteiger partial charge in [0.1, 0.15) is 18.0 Å². The third-order valence-electron chi connectivity index (χ3n) is 3.55. The number of esters is 1. The zero-order chi connectivity index (χ0) is 15.8. The summed E-state index contributed by atoms with van der Waals surface area (Å²) in [7, 11) is -4.74. The second-order valence-electron chi connectivity index (χ2n) is 6.09. The molecule has 0 saturated carbocycles. The highest BCUT2D eigenvalue weighted by Crippen LogP contribution is 2.35. The monoisotopic (exact) mass is 335 g/mol. The summed E-state index contributed by atoms with van der Waals surface area (Å²) < 4.78 is 32.5. The molecule has 1 aromatic heterocycles. The topological polar surface area (TPSA) is 72.5 Å². The normalized spacial score (nSPS) is 13.3. The zero-order valence-electron chi connectivity index (χ0n) is 12.6. The summed E-state index contributed by atoms with van der Waals surface area (Å²) in [5, 5.41) is 1.44. The summed E-state index contributed by atoms with van der Waals surface area (Å²) in [6.45, 7) is 9.94. The highest BCUT2D eigenvalue weighted by atomic mass is 32.2. The van der Waals surface area contributed by atoms with E-state index in [0.717, 1.165) is 11.3 Å². The van der Waals surface area contributed by atoms with Gasteiger partial charge in [0, 0.05) is 0 Å². The van der Waals surface area contributed by atoms with Gasteiger partial charge in [0.15, 0.2) is 0 Å². The minimum atomic E-state index is -3.72. The molecule has 0 aliphatic rings. The van der Waals surface area contributed by atoms with Crippen molar-refractivity contribution in [2.24, 2.45) is 0 Å². The second-order valence-corrected chi connectivity index (χ2v) is 14.0. The van der Waals surface area contributed by atoms with E-state index in [1.54, 1.807) is 5.38 Å². The molecule has 0 spiro atoms. The van der Waals surface area contributed by atoms with Gasteiger partial charge in [-0.3, -0.25) is 0 Å². The standard InChI is InChI=1S/C12H21NO4S2Si/c1-12(2,3)20(5,6)13-19(15,16)9-7-8-18-10(9)11(14)17-4/h7-8,13H,1-6H3. The first-order valence-electron chi connectivity index (χ1n) is 6.12. The molecule has 8 heteroatoms. The Kier molecular flexibility index (Phi) is 4.85. The summed E-state index contributed by atoms with van der Waals surface area (Å²) in [5.74, 6) is -0.629. The van der Waals surface area contributed by atoms with Gasteiger partial charge in [-0.1, -0.05) is 33.9 Å². The fourth-order valence-corrected chi connectivity index (χ4v) is 7.48. The second kappa shape index (κ2) is 5.59. The van der Waals surface area contributed by atoms with Crippen LogP contribution in [0, 0.1) is 0 Å². The van der Waals surface area contributed by atoms with Gasteiger partial charge in [-0.25, -0.2) is 17.6 Å². The minimum Gasteiger partial charge on any atom is -0.465 e. The van der Waals surface area contributed by atoms with E-state index in [0.29, 0.717) is 0 Å². The molecular formula is C12H21NO4S2Si. The first-order chi connectivity index (χ1) is 8.92. The lowest BCUT2D eigenvalue weighted by molar-refractivity contribution is 0.0602. The van der Waals surface area contributed by atoms with Crippen LogP contribution in [0.2, 0.25) is 18.1 Å². The number of methoxy groups -OCH3 is 1. The van der Waals surface area contributed by atoms with Gasteiger partial charge in [-0.2, -0.15) is 0 Å². The molecule has 1 N–H and O–H groups in total. The molecule has 0 amide bonds. The number of carbonyl (C=O) groups excluding carboxylic acids is 1. The van der Waals surface area contributed by atoms with Crippen LogP contribution in [0.25, 0.3) is 0 Å². The molecule has 0 aromatic carbocycles. The summed E-state index contributed by atoms with van der Waals surface area (Å²) in [6, 6.07) is 1.44. The number of hydrogen-bond acceptors (Lipinski definition) is 5. The van der Waals surface area contributed by atoms with Crippen LogP contribution in [-0.2, 0) is 14.8 Å². The molecule has 5 nitrogen and oxygen atoms in total. The van der Waals surface area contributed by atoms with Gasteiger partial charge < -0.3 is 4.74 Å². The molecule has 0 aliphatic heterocycles. The number of ether oxygens (including phenoxy) is 1. The van der Waals surface area contributed by atoms with Crippen molar-refractivity contribution < 1.29 is 17.9 Å². The zero-order valence-corrected chi connectivity index (χ0v) is 15.2. The molecule has 20 heavy (non-hydrogen) atoms. The van der Waals surface area contributed by atoms with Crippen molar-refractivity contribution in [2.45, 2.75) is 43.8 Å². The lowest BCUT2D eigenvalue weighted by Gasteiger charge is -2.36. The number of hydrogen-bond donors (Lipinski definition) is 1. The third-order valence-corrected chi connectivity index (χ3v) is 12.4. The van der Waals surface area contributed by atoms with Crippen LogP contribution in [0.4, 0.5) is 0 Å². The maximum Gasteiger partial charge on any atom is 0.349 e. The van der Waals surface area contributed by atoms with E-state index < -0.39 is 24.2 Å². The van der Waals surface area contributed by atoms with Gasteiger partial charge in [0.2, 0.25) is 10.0 Å². The fourth-order valence-electron chi connectivity index (χ4n) is 1.29. The molecule has 1 rings (SSSR count). The third kappa shape index (κ3) is 3.49. The predicted octanol–water partition coefficient (Wildman–Crippen LogP) is 2.82. The van der Waals surface area contributed by atoms with Crippen LogP contribution in [0.1, 0.15) is 30.4 Å². The smallest absolute Gasteiger partial charge is 0.349 e. The van der Waals surface area contributed by atoms with Gasteiger partial charge in [-0.15, -0.1) is 11.3 Å². The first-order valence-corrected chi connectivity index (χ1v) is 11.5. The maximum atomic E-state index is 12.5. The highest BCUT2D eigenvalue weighted by Gasteiger charge is 2.40. The molecule has 0 bridgehead atoms. The minimum absolute atomic E-state index is 0.000764. The van der Waals surface area contributed by atoms with Crippen molar-refractivity contribution >= 4 is 35.6 Å². The van der Waals surface area contributed by atoms with E-state index in [2.05, 4.69) is 9.12 Å². The van der Waals surface area contributed by atoms with E-state index in [1.165, 1.54) is 13.2 Å². The predicted molar refractivity (Wildman–Crippen MR) is 83.2 cm³/mol. The van der Waals surface area contributed by atoms with Crippen molar-refractivity contribution in [3.05, 3.63) is 16.3 Å². The van der Waals surface area contributed by atoms with Gasteiger partial charge in [0.05, 0.1) is 7.11 Å². The summed E-state index contributed by atoms with van der Waals surface area (Å²) in [4.78, 5) is 11.7. The van der Waals surface area contributed by atoms with Crippen molar-refractivity contribution in [3.63, 3.8) is 0 Å². The van der Waals surface area contributed by atoms with Crippen molar-refractivity contribution in [2.75, 3.05) is 7.11 Å². The lowest BCUT2D eigenvalue weighted by Crippen LogP contribution is -2.54. The van der Waals surface area contributed by atoms with E-state index >= 15 is 0 Å². The van der Waals surface area contributed by atoms with Crippen molar-refractivity contribution in [1.29, 1.82) is 0 Å². The Labute approximate surface area is 125 Å². The maximum absolute atomic E-state index is 12.5. The van der Waals surface area contributed by atoms with Gasteiger partial charge in [-0.05, 0) is 16.5 Å². The lowest BCUT2D eigenvalue weighted by atomic mass is 10.2. The quantitative estimate of drug-likeness (QED) is 0.678. The van der Waals surface area contributed by atoms with E-state index in [4.69, 9.17) is 0 Å². The molecule has 1 aromatic rings. The number of thiophene rings is 1. The van der Waals surface area contributed by atoms with E-state index in [-0.39, 0.29) is 14.8 Å². The number of carbonyl (C=O) groups is 1. The molecule has 0 radical (unpaired) electrons. The SMILES string of the molecule is COC(=O)c1sccc1S(=O)(=O)N[Si](C)(C)C(C)(C)C. The van der Waals surface area contributed by atoms with Crippen LogP contribution in [0.5, 0.6) is 0 Å². The average Bonchev–Trinajstić information content (AvgIpc) is 2.74. The Bertz CT molecular complexity index is 599. The van der Waals surface area contributed by atoms with Crippen LogP contribution < -0.4 is 4.39 Å². The molecule has 114 valence electrons. The molecule has 0 atom stereocenters. The van der Waals surface area contributed by atoms with Crippen LogP contribution in [-0.4, -0.2) is 29.7 Å². The number of nitrogens with one attached hydrogen (secondary N) is 1. The Morgan fingerprint density at radius 2 is 1.90 bits per heavy atom. The number of sulfonamides is 1. The van der Waals surface area contributed by atoms with Gasteiger partial charge in [0.25, 0.3) is 0 Å². The average molecular weight is 336 g/mol. The van der Waals surface area contributed by atoms with Crippen molar-refractivity contribution in [1.82, 2.24) is 4.39 Å². The van der Waals surface area contributed by atoms with Crippen molar-refractivity contribution in [3.8, 4) is 0 Å². The van der Waals surface area contributed by atoms with Crippen LogP contribution in [0.3, 0.4) is 0 Å². The summed E-state index contributed by atoms with van der Waals surface area (Å²) in [6.07, 6.45) is 0. The molecular weight excluding hydrogens is 314 g/mol. The van der Waals surface area contributed by atoms with E-state index in [1.807, 2.05) is 33.9 Å². The Balaban J connectivity index is 3.20. The first kappa shape index (κ1) is 17.3. The van der Waals surface area contributed by atoms with Gasteiger partial charge >= 0.3 is 5.97 Å². The molecule has 1 heterocycles. The number of rotatable bonds is 4. The van der Waals surface area contributed by atoms with Crippen LogP contribution >= 0.6 is 11.3 Å². The molecule has 0 saturated heterocycles. The summed E-state index contributed by atoms with van der Waals surface area (Å²) in [5.41, 5.74) is 0. The highest BCUT2D eigenvalue weighted by molar-refractivity contribution is 7.91. The molecule has 0 fully saturated rings. The molecule has 0 aliphatic carbocycles. The van der Waals surface area contributed by atoms with E-state index in [9.17, 15) is 13.2 Å². The van der Waals surface area contributed by atoms with Crippen LogP contribution in [0.15, 0.2) is 16.3 Å².